The van der Waals surface area contributed by atoms with Crippen molar-refractivity contribution in [2.75, 3.05) is 7.05 Å². The van der Waals surface area contributed by atoms with E-state index < -0.39 is 11.8 Å². The Morgan fingerprint density at radius 2 is 2.27 bits per heavy atom. The number of hydrogen-bond donors (Lipinski definition) is 1. The lowest BCUT2D eigenvalue weighted by Crippen LogP contribution is -2.32. The monoisotopic (exact) mass is 217 g/mol. The zero-order chi connectivity index (χ0) is 11.3. The zero-order valence-corrected chi connectivity index (χ0v) is 8.93. The smallest absolute Gasteiger partial charge is 0.269 e. The van der Waals surface area contributed by atoms with Crippen LogP contribution in [0, 0.1) is 5.92 Å². The molecule has 1 amide bonds. The van der Waals surface area contributed by atoms with Gasteiger partial charge in [-0.1, -0.05) is 12.5 Å². The van der Waals surface area contributed by atoms with E-state index in [-0.39, 0.29) is 12.3 Å². The standard InChI is InChI=1S/C11H17F2NO/c1-14-10(15)8-9-6-4-2-3-5-7-11(9,12)13/h5,7,9H,2-4,6,8H2,1H3,(H,14,15). The maximum atomic E-state index is 13.5. The molecule has 2 nitrogen and oxygen atoms in total. The maximum absolute atomic E-state index is 13.5. The first-order chi connectivity index (χ1) is 7.06. The highest BCUT2D eigenvalue weighted by Gasteiger charge is 2.37. The summed E-state index contributed by atoms with van der Waals surface area (Å²) in [6, 6.07) is 0. The van der Waals surface area contributed by atoms with Gasteiger partial charge in [0.2, 0.25) is 5.91 Å². The van der Waals surface area contributed by atoms with Crippen molar-refractivity contribution in [1.82, 2.24) is 5.32 Å². The molecule has 1 aliphatic carbocycles. The third-order valence-electron chi connectivity index (χ3n) is 2.77. The summed E-state index contributed by atoms with van der Waals surface area (Å²) in [5, 5.41) is 2.39. The van der Waals surface area contributed by atoms with E-state index in [4.69, 9.17) is 0 Å². The fourth-order valence-electron chi connectivity index (χ4n) is 1.79. The number of carbonyl (C=O) groups is 1. The SMILES string of the molecule is CNC(=O)CC1CCCCC=CC1(F)F. The first kappa shape index (κ1) is 12.1. The van der Waals surface area contributed by atoms with Gasteiger partial charge in [0, 0.05) is 19.4 Å². The molecule has 15 heavy (non-hydrogen) atoms. The number of halogens is 2. The van der Waals surface area contributed by atoms with Gasteiger partial charge in [0.25, 0.3) is 5.92 Å². The molecule has 0 radical (unpaired) electrons. The second kappa shape index (κ2) is 5.24. The molecule has 1 aliphatic rings. The average molecular weight is 217 g/mol. The number of alkyl halides is 2. The summed E-state index contributed by atoms with van der Waals surface area (Å²) in [7, 11) is 1.47. The molecule has 0 bridgehead atoms. The van der Waals surface area contributed by atoms with Crippen molar-refractivity contribution in [2.24, 2.45) is 5.92 Å². The third-order valence-corrected chi connectivity index (χ3v) is 2.77. The topological polar surface area (TPSA) is 29.1 Å². The summed E-state index contributed by atoms with van der Waals surface area (Å²) in [5.41, 5.74) is 0. The molecule has 0 saturated carbocycles. The van der Waals surface area contributed by atoms with Gasteiger partial charge in [0.15, 0.2) is 0 Å². The highest BCUT2D eigenvalue weighted by Crippen LogP contribution is 2.34. The summed E-state index contributed by atoms with van der Waals surface area (Å²) in [6.07, 6.45) is 5.22. The van der Waals surface area contributed by atoms with E-state index in [0.717, 1.165) is 18.9 Å². The molecule has 0 spiro atoms. The molecule has 86 valence electrons. The van der Waals surface area contributed by atoms with Gasteiger partial charge in [-0.25, -0.2) is 8.78 Å². The molecule has 0 saturated heterocycles. The Kier molecular flexibility index (Phi) is 4.24. The molecule has 0 aromatic carbocycles. The van der Waals surface area contributed by atoms with Crippen LogP contribution in [0.1, 0.15) is 32.1 Å². The van der Waals surface area contributed by atoms with E-state index in [0.29, 0.717) is 12.8 Å². The minimum Gasteiger partial charge on any atom is -0.359 e. The van der Waals surface area contributed by atoms with Crippen LogP contribution in [0.5, 0.6) is 0 Å². The van der Waals surface area contributed by atoms with E-state index in [1.165, 1.54) is 13.1 Å². The second-order valence-corrected chi connectivity index (χ2v) is 3.94. The minimum atomic E-state index is -2.84. The van der Waals surface area contributed by atoms with E-state index in [9.17, 15) is 13.6 Å². The third kappa shape index (κ3) is 3.61. The minimum absolute atomic E-state index is 0.0894. The number of carbonyl (C=O) groups excluding carboxylic acids is 1. The molecular weight excluding hydrogens is 200 g/mol. The van der Waals surface area contributed by atoms with Gasteiger partial charge in [-0.2, -0.15) is 0 Å². The first-order valence-corrected chi connectivity index (χ1v) is 5.32. The Morgan fingerprint density at radius 3 is 2.93 bits per heavy atom. The lowest BCUT2D eigenvalue weighted by Gasteiger charge is -2.25. The number of amides is 1. The summed E-state index contributed by atoms with van der Waals surface area (Å²) >= 11 is 0. The number of allylic oxidation sites excluding steroid dienone is 2. The summed E-state index contributed by atoms with van der Waals surface area (Å²) in [6.45, 7) is 0. The molecule has 4 heteroatoms. The van der Waals surface area contributed by atoms with Crippen LogP contribution < -0.4 is 5.32 Å². The zero-order valence-electron chi connectivity index (χ0n) is 8.93. The molecule has 0 fully saturated rings. The quantitative estimate of drug-likeness (QED) is 0.707. The highest BCUT2D eigenvalue weighted by molar-refractivity contribution is 5.75. The Hall–Kier alpha value is -0.930. The predicted molar refractivity (Wildman–Crippen MR) is 54.7 cm³/mol. The van der Waals surface area contributed by atoms with Crippen molar-refractivity contribution >= 4 is 5.91 Å². The van der Waals surface area contributed by atoms with Gasteiger partial charge in [0.05, 0.1) is 0 Å². The second-order valence-electron chi connectivity index (χ2n) is 3.94. The van der Waals surface area contributed by atoms with Crippen LogP contribution in [-0.2, 0) is 4.79 Å². The first-order valence-electron chi connectivity index (χ1n) is 5.32. The fraction of sp³-hybridized carbons (Fsp3) is 0.727. The highest BCUT2D eigenvalue weighted by atomic mass is 19.3. The van der Waals surface area contributed by atoms with Crippen LogP contribution in [-0.4, -0.2) is 18.9 Å². The summed E-state index contributed by atoms with van der Waals surface area (Å²) < 4.78 is 27.1. The molecule has 0 heterocycles. The Bertz CT molecular complexity index is 251. The van der Waals surface area contributed by atoms with Crippen LogP contribution in [0.15, 0.2) is 12.2 Å². The average Bonchev–Trinajstić information content (AvgIpc) is 2.18. The molecule has 0 aliphatic heterocycles. The van der Waals surface area contributed by atoms with Gasteiger partial charge in [-0.3, -0.25) is 4.79 Å². The van der Waals surface area contributed by atoms with Crippen molar-refractivity contribution in [3.63, 3.8) is 0 Å². The molecule has 1 unspecified atom stereocenters. The van der Waals surface area contributed by atoms with E-state index in [1.807, 2.05) is 0 Å². The van der Waals surface area contributed by atoms with Crippen LogP contribution >= 0.6 is 0 Å². The number of nitrogens with one attached hydrogen (secondary N) is 1. The van der Waals surface area contributed by atoms with Crippen LogP contribution in [0.25, 0.3) is 0 Å². The Balaban J connectivity index is 2.68. The maximum Gasteiger partial charge on any atom is 0.269 e. The van der Waals surface area contributed by atoms with Gasteiger partial charge in [-0.15, -0.1) is 0 Å². The lowest BCUT2D eigenvalue weighted by atomic mass is 9.88. The fourth-order valence-corrected chi connectivity index (χ4v) is 1.79. The van der Waals surface area contributed by atoms with Crippen molar-refractivity contribution in [2.45, 2.75) is 38.0 Å². The van der Waals surface area contributed by atoms with Crippen molar-refractivity contribution in [3.8, 4) is 0 Å². The molecular formula is C11H17F2NO. The predicted octanol–water partition coefficient (Wildman–Crippen LogP) is 2.50. The largest absolute Gasteiger partial charge is 0.359 e. The molecule has 1 atom stereocenters. The van der Waals surface area contributed by atoms with Gasteiger partial charge in [0.1, 0.15) is 0 Å². The van der Waals surface area contributed by atoms with E-state index >= 15 is 0 Å². The van der Waals surface area contributed by atoms with Crippen molar-refractivity contribution < 1.29 is 13.6 Å². The van der Waals surface area contributed by atoms with E-state index in [2.05, 4.69) is 5.32 Å². The molecule has 1 rings (SSSR count). The van der Waals surface area contributed by atoms with Crippen LogP contribution in [0.2, 0.25) is 0 Å². The summed E-state index contributed by atoms with van der Waals surface area (Å²) in [4.78, 5) is 11.1. The van der Waals surface area contributed by atoms with Crippen molar-refractivity contribution in [1.29, 1.82) is 0 Å². The van der Waals surface area contributed by atoms with E-state index in [1.54, 1.807) is 0 Å². The number of hydrogen-bond acceptors (Lipinski definition) is 1. The normalized spacial score (nSPS) is 25.4. The lowest BCUT2D eigenvalue weighted by molar-refractivity contribution is -0.124. The Morgan fingerprint density at radius 1 is 1.53 bits per heavy atom. The van der Waals surface area contributed by atoms with Crippen molar-refractivity contribution in [3.05, 3.63) is 12.2 Å². The molecule has 0 aromatic heterocycles. The van der Waals surface area contributed by atoms with Gasteiger partial charge < -0.3 is 5.32 Å². The Labute approximate surface area is 88.7 Å². The van der Waals surface area contributed by atoms with Crippen LogP contribution in [0.4, 0.5) is 8.78 Å². The molecule has 1 N–H and O–H groups in total. The summed E-state index contributed by atoms with van der Waals surface area (Å²) in [5.74, 6) is -4.00. The van der Waals surface area contributed by atoms with Gasteiger partial charge in [-0.05, 0) is 25.3 Å². The van der Waals surface area contributed by atoms with Crippen LogP contribution in [0.3, 0.4) is 0 Å². The van der Waals surface area contributed by atoms with Gasteiger partial charge >= 0.3 is 0 Å². The number of rotatable bonds is 2. The molecule has 0 aromatic rings.